The average Bonchev–Trinajstić information content (AvgIpc) is 2.03. The molecule has 1 rings (SSSR count). The molecule has 0 spiro atoms. The Morgan fingerprint density at radius 2 is 2.18 bits per heavy atom. The Hall–Kier alpha value is -0.750. The average molecular weight is 154 g/mol. The number of nitrogens with one attached hydrogen (secondary N) is 1. The molecular weight excluding hydrogens is 140 g/mol. The Morgan fingerprint density at radius 1 is 1.45 bits per heavy atom. The van der Waals surface area contributed by atoms with Crippen LogP contribution in [0.1, 0.15) is 25.7 Å². The lowest BCUT2D eigenvalue weighted by Crippen LogP contribution is -2.32. The number of rotatable bonds is 2. The molecule has 0 heterocycles. The summed E-state index contributed by atoms with van der Waals surface area (Å²) in [6.45, 7) is 0.637. The first-order valence-electron chi connectivity index (χ1n) is 4.14. The van der Waals surface area contributed by atoms with Gasteiger partial charge >= 0.3 is 0 Å². The maximum Gasteiger partial charge on any atom is 0.176 e. The molecule has 0 aromatic heterocycles. The molecule has 0 aliphatic heterocycles. The second-order valence-corrected chi connectivity index (χ2v) is 3.10. The Labute approximate surface area is 67.0 Å². The van der Waals surface area contributed by atoms with E-state index in [1.807, 2.05) is 6.19 Å². The fraction of sp³-hybridized carbons (Fsp3) is 0.875. The molecule has 3 nitrogen and oxygen atoms in total. The molecule has 11 heavy (non-hydrogen) atoms. The van der Waals surface area contributed by atoms with Gasteiger partial charge in [-0.25, -0.2) is 0 Å². The largest absolute Gasteiger partial charge is 0.393 e. The summed E-state index contributed by atoms with van der Waals surface area (Å²) in [4.78, 5) is 0. The Morgan fingerprint density at radius 3 is 2.82 bits per heavy atom. The summed E-state index contributed by atoms with van der Waals surface area (Å²) in [6, 6.07) is 0. The van der Waals surface area contributed by atoms with Gasteiger partial charge in [0.05, 0.1) is 6.10 Å². The second kappa shape index (κ2) is 4.20. The van der Waals surface area contributed by atoms with Crippen LogP contribution in [-0.2, 0) is 0 Å². The molecule has 3 heteroatoms. The summed E-state index contributed by atoms with van der Waals surface area (Å²) in [5, 5.41) is 20.3. The topological polar surface area (TPSA) is 56.0 Å². The molecule has 62 valence electrons. The highest BCUT2D eigenvalue weighted by molar-refractivity contribution is 4.78. The Balaban J connectivity index is 2.25. The van der Waals surface area contributed by atoms with E-state index >= 15 is 0 Å². The Bertz CT molecular complexity index is 153. The number of aliphatic hydroxyl groups excluding tert-OH is 1. The van der Waals surface area contributed by atoms with Gasteiger partial charge in [0.2, 0.25) is 0 Å². The molecule has 2 atom stereocenters. The van der Waals surface area contributed by atoms with E-state index in [4.69, 9.17) is 5.26 Å². The molecule has 1 saturated carbocycles. The SMILES string of the molecule is N#CNCC1CCCCC1O. The van der Waals surface area contributed by atoms with E-state index < -0.39 is 0 Å². The zero-order valence-electron chi connectivity index (χ0n) is 6.58. The van der Waals surface area contributed by atoms with Gasteiger partial charge in [0.25, 0.3) is 0 Å². The van der Waals surface area contributed by atoms with Gasteiger partial charge in [-0.2, -0.15) is 5.26 Å². The van der Waals surface area contributed by atoms with Gasteiger partial charge in [-0.1, -0.05) is 12.8 Å². The molecule has 0 saturated heterocycles. The number of nitrogens with zero attached hydrogens (tertiary/aromatic N) is 1. The van der Waals surface area contributed by atoms with Crippen LogP contribution in [0, 0.1) is 17.4 Å². The molecular formula is C8H14N2O. The van der Waals surface area contributed by atoms with Crippen molar-refractivity contribution in [2.45, 2.75) is 31.8 Å². The maximum absolute atomic E-state index is 9.45. The lowest BCUT2D eigenvalue weighted by atomic mass is 9.86. The smallest absolute Gasteiger partial charge is 0.176 e. The van der Waals surface area contributed by atoms with Crippen molar-refractivity contribution in [1.29, 1.82) is 5.26 Å². The maximum atomic E-state index is 9.45. The van der Waals surface area contributed by atoms with Gasteiger partial charge in [0.15, 0.2) is 6.19 Å². The van der Waals surface area contributed by atoms with Crippen LogP contribution in [0.5, 0.6) is 0 Å². The van der Waals surface area contributed by atoms with Crippen LogP contribution in [0.25, 0.3) is 0 Å². The fourth-order valence-corrected chi connectivity index (χ4v) is 1.60. The quantitative estimate of drug-likeness (QED) is 0.452. The molecule has 1 fully saturated rings. The molecule has 1 aliphatic rings. The van der Waals surface area contributed by atoms with E-state index in [0.717, 1.165) is 19.3 Å². The molecule has 0 radical (unpaired) electrons. The van der Waals surface area contributed by atoms with Crippen LogP contribution in [0.4, 0.5) is 0 Å². The predicted octanol–water partition coefficient (Wildman–Crippen LogP) is 0.608. The van der Waals surface area contributed by atoms with Crippen LogP contribution < -0.4 is 5.32 Å². The zero-order chi connectivity index (χ0) is 8.10. The predicted molar refractivity (Wildman–Crippen MR) is 41.6 cm³/mol. The third-order valence-electron chi connectivity index (χ3n) is 2.31. The summed E-state index contributed by atoms with van der Waals surface area (Å²) in [7, 11) is 0. The highest BCUT2D eigenvalue weighted by Crippen LogP contribution is 2.23. The van der Waals surface area contributed by atoms with Crippen LogP contribution in [0.15, 0.2) is 0 Å². The molecule has 2 N–H and O–H groups in total. The number of hydrogen-bond donors (Lipinski definition) is 2. The van der Waals surface area contributed by atoms with Crippen molar-refractivity contribution in [3.63, 3.8) is 0 Å². The summed E-state index contributed by atoms with van der Waals surface area (Å²) >= 11 is 0. The minimum Gasteiger partial charge on any atom is -0.393 e. The van der Waals surface area contributed by atoms with Gasteiger partial charge in [-0.3, -0.25) is 0 Å². The van der Waals surface area contributed by atoms with Gasteiger partial charge < -0.3 is 10.4 Å². The van der Waals surface area contributed by atoms with Crippen molar-refractivity contribution in [3.8, 4) is 6.19 Å². The van der Waals surface area contributed by atoms with Crippen molar-refractivity contribution in [2.75, 3.05) is 6.54 Å². The van der Waals surface area contributed by atoms with E-state index in [2.05, 4.69) is 5.32 Å². The van der Waals surface area contributed by atoms with Gasteiger partial charge in [-0.05, 0) is 12.8 Å². The Kier molecular flexibility index (Phi) is 3.18. The summed E-state index contributed by atoms with van der Waals surface area (Å²) < 4.78 is 0. The number of hydrogen-bond acceptors (Lipinski definition) is 3. The van der Waals surface area contributed by atoms with Gasteiger partial charge in [-0.15, -0.1) is 0 Å². The monoisotopic (exact) mass is 154 g/mol. The second-order valence-electron chi connectivity index (χ2n) is 3.10. The molecule has 2 unspecified atom stereocenters. The lowest BCUT2D eigenvalue weighted by molar-refractivity contribution is 0.0716. The van der Waals surface area contributed by atoms with E-state index in [-0.39, 0.29) is 6.10 Å². The van der Waals surface area contributed by atoms with Gasteiger partial charge in [0, 0.05) is 12.5 Å². The minimum absolute atomic E-state index is 0.190. The number of nitriles is 1. The van der Waals surface area contributed by atoms with Crippen molar-refractivity contribution < 1.29 is 5.11 Å². The third-order valence-corrected chi connectivity index (χ3v) is 2.31. The first-order valence-corrected chi connectivity index (χ1v) is 4.14. The van der Waals surface area contributed by atoms with E-state index in [1.165, 1.54) is 6.42 Å². The van der Waals surface area contributed by atoms with E-state index in [0.29, 0.717) is 12.5 Å². The standard InChI is InChI=1S/C8H14N2O/c9-6-10-5-7-3-1-2-4-8(7)11/h7-8,10-11H,1-5H2. The minimum atomic E-state index is -0.190. The summed E-state index contributed by atoms with van der Waals surface area (Å²) in [5.74, 6) is 0.295. The molecule has 1 aliphatic carbocycles. The lowest BCUT2D eigenvalue weighted by Gasteiger charge is -2.26. The number of aliphatic hydroxyl groups is 1. The zero-order valence-corrected chi connectivity index (χ0v) is 6.58. The van der Waals surface area contributed by atoms with Crippen molar-refractivity contribution in [1.82, 2.24) is 5.32 Å². The van der Waals surface area contributed by atoms with Gasteiger partial charge in [0.1, 0.15) is 0 Å². The molecule has 0 bridgehead atoms. The molecule has 0 aromatic rings. The fourth-order valence-electron chi connectivity index (χ4n) is 1.60. The van der Waals surface area contributed by atoms with E-state index in [9.17, 15) is 5.11 Å². The van der Waals surface area contributed by atoms with Crippen LogP contribution in [0.3, 0.4) is 0 Å². The van der Waals surface area contributed by atoms with Crippen molar-refractivity contribution in [3.05, 3.63) is 0 Å². The first kappa shape index (κ1) is 8.35. The van der Waals surface area contributed by atoms with Crippen molar-refractivity contribution >= 4 is 0 Å². The van der Waals surface area contributed by atoms with Crippen molar-refractivity contribution in [2.24, 2.45) is 5.92 Å². The summed E-state index contributed by atoms with van der Waals surface area (Å²) in [5.41, 5.74) is 0. The molecule has 0 amide bonds. The van der Waals surface area contributed by atoms with E-state index in [1.54, 1.807) is 0 Å². The normalized spacial score (nSPS) is 30.9. The summed E-state index contributed by atoms with van der Waals surface area (Å²) in [6.07, 6.45) is 5.95. The highest BCUT2D eigenvalue weighted by atomic mass is 16.3. The van der Waals surface area contributed by atoms with Crippen LogP contribution in [-0.4, -0.2) is 17.8 Å². The van der Waals surface area contributed by atoms with Crippen LogP contribution in [0.2, 0.25) is 0 Å². The third kappa shape index (κ3) is 2.39. The van der Waals surface area contributed by atoms with Crippen LogP contribution >= 0.6 is 0 Å². The molecule has 0 aromatic carbocycles. The first-order chi connectivity index (χ1) is 5.34. The highest BCUT2D eigenvalue weighted by Gasteiger charge is 2.22.